The number of pyridine rings is 1. The molecule has 0 aliphatic heterocycles. The van der Waals surface area contributed by atoms with Crippen molar-refractivity contribution in [3.8, 4) is 0 Å². The van der Waals surface area contributed by atoms with Gasteiger partial charge in [-0.3, -0.25) is 4.79 Å². The Morgan fingerprint density at radius 1 is 1.13 bits per heavy atom. The summed E-state index contributed by atoms with van der Waals surface area (Å²) in [6, 6.07) is 11.7. The molecule has 0 bridgehead atoms. The Kier molecular flexibility index (Phi) is 3.77. The highest BCUT2D eigenvalue weighted by Gasteiger charge is 2.30. The molecule has 0 fully saturated rings. The number of halogens is 3. The zero-order valence-corrected chi connectivity index (χ0v) is 11.8. The second-order valence-corrected chi connectivity index (χ2v) is 4.97. The zero-order valence-electron chi connectivity index (χ0n) is 11.8. The molecular weight excluding hydrogens is 307 g/mol. The van der Waals surface area contributed by atoms with Gasteiger partial charge in [-0.05, 0) is 36.4 Å². The van der Waals surface area contributed by atoms with Crippen LogP contribution in [0.25, 0.3) is 5.52 Å². The maximum Gasteiger partial charge on any atom is 0.416 e. The number of nitrogens with zero attached hydrogens (tertiary/aromatic N) is 2. The number of amides is 1. The number of fused-ring (bicyclic) bond motifs is 1. The van der Waals surface area contributed by atoms with Crippen LogP contribution in [-0.2, 0) is 12.7 Å². The quantitative estimate of drug-likeness (QED) is 0.805. The molecule has 23 heavy (non-hydrogen) atoms. The maximum absolute atomic E-state index is 12.7. The molecule has 0 saturated heterocycles. The van der Waals surface area contributed by atoms with Crippen LogP contribution in [0.4, 0.5) is 13.2 Å². The van der Waals surface area contributed by atoms with Crippen LogP contribution in [0.1, 0.15) is 21.6 Å². The molecule has 0 radical (unpaired) electrons. The Morgan fingerprint density at radius 3 is 2.70 bits per heavy atom. The number of alkyl halides is 3. The average Bonchev–Trinajstić information content (AvgIpc) is 2.95. The first-order chi connectivity index (χ1) is 10.9. The third-order valence-electron chi connectivity index (χ3n) is 3.30. The molecule has 3 aromatic rings. The summed E-state index contributed by atoms with van der Waals surface area (Å²) >= 11 is 0. The fourth-order valence-corrected chi connectivity index (χ4v) is 2.19. The van der Waals surface area contributed by atoms with Crippen molar-refractivity contribution in [2.75, 3.05) is 0 Å². The standard InChI is InChI=1S/C16H12F3N3O/c17-16(18,19)12-5-3-4-11(8-12)15(23)20-10-13-9-14-6-1-2-7-22(14)21-13/h1-9H,10H2,(H,20,23). The van der Waals surface area contributed by atoms with Crippen molar-refractivity contribution < 1.29 is 18.0 Å². The van der Waals surface area contributed by atoms with E-state index in [9.17, 15) is 18.0 Å². The summed E-state index contributed by atoms with van der Waals surface area (Å²) in [5.41, 5.74) is 0.605. The van der Waals surface area contributed by atoms with Gasteiger partial charge >= 0.3 is 6.18 Å². The van der Waals surface area contributed by atoms with E-state index in [-0.39, 0.29) is 12.1 Å². The first-order valence-electron chi connectivity index (χ1n) is 6.82. The van der Waals surface area contributed by atoms with Crippen molar-refractivity contribution in [2.24, 2.45) is 0 Å². The van der Waals surface area contributed by atoms with Crippen molar-refractivity contribution in [2.45, 2.75) is 12.7 Å². The molecule has 1 amide bonds. The lowest BCUT2D eigenvalue weighted by Crippen LogP contribution is -2.23. The van der Waals surface area contributed by atoms with Gasteiger partial charge < -0.3 is 5.32 Å². The largest absolute Gasteiger partial charge is 0.416 e. The molecule has 0 spiro atoms. The Morgan fingerprint density at radius 2 is 1.96 bits per heavy atom. The van der Waals surface area contributed by atoms with E-state index in [1.54, 1.807) is 16.8 Å². The van der Waals surface area contributed by atoms with E-state index in [1.165, 1.54) is 12.1 Å². The van der Waals surface area contributed by atoms with E-state index in [0.29, 0.717) is 5.69 Å². The van der Waals surface area contributed by atoms with E-state index < -0.39 is 17.6 Å². The van der Waals surface area contributed by atoms with E-state index in [1.807, 2.05) is 18.2 Å². The Bertz CT molecular complexity index is 822. The maximum atomic E-state index is 12.7. The number of benzene rings is 1. The van der Waals surface area contributed by atoms with Crippen LogP contribution in [-0.4, -0.2) is 15.5 Å². The lowest BCUT2D eigenvalue weighted by atomic mass is 10.1. The monoisotopic (exact) mass is 319 g/mol. The van der Waals surface area contributed by atoms with Crippen molar-refractivity contribution in [3.63, 3.8) is 0 Å². The fraction of sp³-hybridized carbons (Fsp3) is 0.125. The molecule has 2 aromatic heterocycles. The van der Waals surface area contributed by atoms with Crippen LogP contribution in [0.3, 0.4) is 0 Å². The Hall–Kier alpha value is -2.83. The normalized spacial score (nSPS) is 11.6. The topological polar surface area (TPSA) is 46.4 Å². The summed E-state index contributed by atoms with van der Waals surface area (Å²) in [4.78, 5) is 12.0. The molecule has 0 saturated carbocycles. The van der Waals surface area contributed by atoms with Crippen LogP contribution in [0.15, 0.2) is 54.7 Å². The van der Waals surface area contributed by atoms with Crippen molar-refractivity contribution in [1.82, 2.24) is 14.9 Å². The molecule has 0 unspecified atom stereocenters. The van der Waals surface area contributed by atoms with Gasteiger partial charge in [-0.15, -0.1) is 0 Å². The van der Waals surface area contributed by atoms with Crippen LogP contribution in [0, 0.1) is 0 Å². The van der Waals surface area contributed by atoms with Crippen LogP contribution < -0.4 is 5.32 Å². The molecule has 1 aromatic carbocycles. The summed E-state index contributed by atoms with van der Waals surface area (Å²) in [5, 5.41) is 6.83. The smallest absolute Gasteiger partial charge is 0.346 e. The number of hydrogen-bond donors (Lipinski definition) is 1. The summed E-state index contributed by atoms with van der Waals surface area (Å²) in [5.74, 6) is -0.576. The van der Waals surface area contributed by atoms with E-state index in [4.69, 9.17) is 0 Å². The van der Waals surface area contributed by atoms with Gasteiger partial charge in [0.15, 0.2) is 0 Å². The summed E-state index contributed by atoms with van der Waals surface area (Å²) < 4.78 is 39.6. The minimum Gasteiger partial charge on any atom is -0.346 e. The highest BCUT2D eigenvalue weighted by atomic mass is 19.4. The predicted octanol–water partition coefficient (Wildman–Crippen LogP) is 3.28. The molecule has 3 rings (SSSR count). The van der Waals surface area contributed by atoms with Crippen LogP contribution >= 0.6 is 0 Å². The van der Waals surface area contributed by atoms with Crippen molar-refractivity contribution in [1.29, 1.82) is 0 Å². The molecule has 7 heteroatoms. The molecule has 0 atom stereocenters. The lowest BCUT2D eigenvalue weighted by Gasteiger charge is -2.08. The molecule has 2 heterocycles. The Balaban J connectivity index is 1.72. The van der Waals surface area contributed by atoms with Crippen molar-refractivity contribution in [3.05, 3.63) is 71.5 Å². The third kappa shape index (κ3) is 3.33. The highest BCUT2D eigenvalue weighted by Crippen LogP contribution is 2.29. The zero-order chi connectivity index (χ0) is 16.4. The highest BCUT2D eigenvalue weighted by molar-refractivity contribution is 5.94. The third-order valence-corrected chi connectivity index (χ3v) is 3.30. The van der Waals surface area contributed by atoms with Gasteiger partial charge in [0, 0.05) is 11.8 Å². The van der Waals surface area contributed by atoms with Gasteiger partial charge in [-0.25, -0.2) is 4.52 Å². The molecule has 0 aliphatic carbocycles. The molecule has 118 valence electrons. The fourth-order valence-electron chi connectivity index (χ4n) is 2.19. The van der Waals surface area contributed by atoms with Crippen molar-refractivity contribution >= 4 is 11.4 Å². The van der Waals surface area contributed by atoms with Gasteiger partial charge in [0.05, 0.1) is 23.3 Å². The van der Waals surface area contributed by atoms with E-state index >= 15 is 0 Å². The van der Waals surface area contributed by atoms with E-state index in [0.717, 1.165) is 17.6 Å². The lowest BCUT2D eigenvalue weighted by molar-refractivity contribution is -0.137. The molecule has 4 nitrogen and oxygen atoms in total. The molecule has 1 N–H and O–H groups in total. The predicted molar refractivity (Wildman–Crippen MR) is 77.8 cm³/mol. The van der Waals surface area contributed by atoms with Gasteiger partial charge in [0.25, 0.3) is 5.91 Å². The second kappa shape index (κ2) is 5.75. The number of rotatable bonds is 3. The number of hydrogen-bond acceptors (Lipinski definition) is 2. The van der Waals surface area contributed by atoms with Crippen LogP contribution in [0.5, 0.6) is 0 Å². The SMILES string of the molecule is O=C(NCc1cc2ccccn2n1)c1cccc(C(F)(F)F)c1. The van der Waals surface area contributed by atoms with Gasteiger partial charge in [0.2, 0.25) is 0 Å². The van der Waals surface area contributed by atoms with Gasteiger partial charge in [-0.2, -0.15) is 18.3 Å². The number of nitrogens with one attached hydrogen (secondary N) is 1. The first-order valence-corrected chi connectivity index (χ1v) is 6.82. The molecular formula is C16H12F3N3O. The summed E-state index contributed by atoms with van der Waals surface area (Å²) in [6.45, 7) is 0.136. The number of aromatic nitrogens is 2. The Labute approximate surface area is 129 Å². The summed E-state index contributed by atoms with van der Waals surface area (Å²) in [6.07, 6.45) is -2.70. The van der Waals surface area contributed by atoms with Gasteiger partial charge in [0.1, 0.15) is 0 Å². The average molecular weight is 319 g/mol. The minimum absolute atomic E-state index is 0.0383. The first kappa shape index (κ1) is 15.1. The molecule has 0 aliphatic rings. The minimum atomic E-state index is -4.47. The number of carbonyl (C=O) groups excluding carboxylic acids is 1. The van der Waals surface area contributed by atoms with E-state index in [2.05, 4.69) is 10.4 Å². The van der Waals surface area contributed by atoms with Crippen LogP contribution in [0.2, 0.25) is 0 Å². The summed E-state index contributed by atoms with van der Waals surface area (Å²) in [7, 11) is 0. The van der Waals surface area contributed by atoms with Gasteiger partial charge in [-0.1, -0.05) is 12.1 Å². The second-order valence-electron chi connectivity index (χ2n) is 4.97. The number of carbonyl (C=O) groups is 1.